The van der Waals surface area contributed by atoms with Gasteiger partial charge in [0.05, 0.1) is 17.4 Å². The van der Waals surface area contributed by atoms with Crippen LogP contribution in [0.5, 0.6) is 0 Å². The molecule has 0 amide bonds. The minimum Gasteiger partial charge on any atom is -0.549 e. The first kappa shape index (κ1) is 26.0. The van der Waals surface area contributed by atoms with Crippen molar-refractivity contribution < 1.29 is 68.2 Å². The van der Waals surface area contributed by atoms with Gasteiger partial charge in [-0.15, -0.1) is 0 Å². The first-order valence-electron chi connectivity index (χ1n) is 8.04. The number of rotatable bonds is 11. The smallest absolute Gasteiger partial charge is 0.549 e. The number of aliphatic carboxylic acids is 2. The number of benzene rings is 1. The molecule has 0 radical (unpaired) electrons. The molecule has 24 heavy (non-hydrogen) atoms. The summed E-state index contributed by atoms with van der Waals surface area (Å²) in [6.45, 7) is 2.15. The second kappa shape index (κ2) is 14.0. The van der Waals surface area contributed by atoms with Crippen molar-refractivity contribution >= 4 is 11.9 Å². The Labute approximate surface area is 178 Å². The van der Waals surface area contributed by atoms with Gasteiger partial charge in [0.25, 0.3) is 0 Å². The maximum absolute atomic E-state index is 11.5. The first-order valence-corrected chi connectivity index (χ1v) is 8.04. The first-order chi connectivity index (χ1) is 10.6. The average molecular weight is 334 g/mol. The third-order valence-corrected chi connectivity index (χ3v) is 4.12. The molecule has 0 atom stereocenters. The van der Waals surface area contributed by atoms with E-state index in [9.17, 15) is 19.8 Å². The molecule has 0 heterocycles. The van der Waals surface area contributed by atoms with Crippen LogP contribution in [0.3, 0.4) is 0 Å². The molecule has 122 valence electrons. The fraction of sp³-hybridized carbons (Fsp3) is 0.556. The van der Waals surface area contributed by atoms with Crippen LogP contribution in [0.2, 0.25) is 0 Å². The van der Waals surface area contributed by atoms with Crippen LogP contribution in [0.25, 0.3) is 0 Å². The Balaban J connectivity index is 0. The van der Waals surface area contributed by atoms with Gasteiger partial charge in [-0.1, -0.05) is 82.2 Å². The summed E-state index contributed by atoms with van der Waals surface area (Å²) >= 11 is 0. The van der Waals surface area contributed by atoms with Crippen LogP contribution in [0, 0.1) is 0 Å². The van der Waals surface area contributed by atoms with Crippen LogP contribution < -0.4 is 58.6 Å². The Bertz CT molecular complexity index is 465. The molecule has 0 aromatic heterocycles. The van der Waals surface area contributed by atoms with E-state index in [0.717, 1.165) is 19.3 Å². The molecular weight excluding hydrogens is 310 g/mol. The number of carboxylic acids is 2. The molecule has 0 bridgehead atoms. The zero-order chi connectivity index (χ0) is 16.4. The normalized spacial score (nSPS) is 10.4. The minimum absolute atomic E-state index is 0. The molecule has 1 rings (SSSR count). The van der Waals surface area contributed by atoms with Crippen LogP contribution in [0.1, 0.15) is 63.9 Å². The molecule has 1 aromatic rings. The third kappa shape index (κ3) is 7.33. The van der Waals surface area contributed by atoms with Crippen LogP contribution in [0.4, 0.5) is 0 Å². The van der Waals surface area contributed by atoms with Gasteiger partial charge in [-0.05, 0) is 12.0 Å². The molecular formula is C18H24LiNaO4. The van der Waals surface area contributed by atoms with E-state index in [4.69, 9.17) is 0 Å². The molecule has 0 spiro atoms. The number of unbranched alkanes of at least 4 members (excludes halogenated alkanes) is 6. The molecule has 4 nitrogen and oxygen atoms in total. The molecule has 0 unspecified atom stereocenters. The standard InChI is InChI=1S/C18H26O4.Li.Na/c1-2-3-4-5-6-7-11-14-18(16(19)20,17(21)22)15-12-9-8-10-13-15;;/h8-10,12-13H,2-7,11,14H2,1H3,(H,19,20)(H,21,22);;/q;2*+1/p-2. The molecule has 0 fully saturated rings. The summed E-state index contributed by atoms with van der Waals surface area (Å²) in [5, 5.41) is 23.1. The molecule has 1 aromatic carbocycles. The molecule has 0 aliphatic rings. The topological polar surface area (TPSA) is 80.3 Å². The summed E-state index contributed by atoms with van der Waals surface area (Å²) in [5.41, 5.74) is -1.83. The van der Waals surface area contributed by atoms with E-state index < -0.39 is 17.4 Å². The van der Waals surface area contributed by atoms with Crippen molar-refractivity contribution in [1.29, 1.82) is 0 Å². The predicted molar refractivity (Wildman–Crippen MR) is 80.7 cm³/mol. The van der Waals surface area contributed by atoms with Gasteiger partial charge in [-0.25, -0.2) is 0 Å². The van der Waals surface area contributed by atoms with E-state index in [2.05, 4.69) is 6.92 Å². The van der Waals surface area contributed by atoms with Crippen LogP contribution in [0.15, 0.2) is 30.3 Å². The molecule has 0 aliphatic heterocycles. The zero-order valence-corrected chi connectivity index (χ0v) is 17.2. The SMILES string of the molecule is CCCCCCCCCC(C(=O)[O-])(C(=O)[O-])c1ccccc1.[Li+].[Na+]. The molecule has 6 heteroatoms. The van der Waals surface area contributed by atoms with E-state index in [1.807, 2.05) is 0 Å². The number of carbonyl (C=O) groups is 2. The average Bonchev–Trinajstić information content (AvgIpc) is 2.50. The van der Waals surface area contributed by atoms with Crippen molar-refractivity contribution in [1.82, 2.24) is 0 Å². The fourth-order valence-corrected chi connectivity index (χ4v) is 2.74. The zero-order valence-electron chi connectivity index (χ0n) is 15.2. The second-order valence-electron chi connectivity index (χ2n) is 5.72. The van der Waals surface area contributed by atoms with E-state index >= 15 is 0 Å². The van der Waals surface area contributed by atoms with Crippen molar-refractivity contribution in [3.63, 3.8) is 0 Å². The quantitative estimate of drug-likeness (QED) is 0.232. The van der Waals surface area contributed by atoms with Gasteiger partial charge < -0.3 is 19.8 Å². The van der Waals surface area contributed by atoms with Crippen molar-refractivity contribution in [2.75, 3.05) is 0 Å². The minimum atomic E-state index is -2.05. The molecule has 0 N–H and O–H groups in total. The van der Waals surface area contributed by atoms with E-state index in [1.54, 1.807) is 18.2 Å². The van der Waals surface area contributed by atoms with E-state index in [0.29, 0.717) is 6.42 Å². The van der Waals surface area contributed by atoms with Crippen molar-refractivity contribution in [2.24, 2.45) is 0 Å². The maximum Gasteiger partial charge on any atom is 1.00 e. The van der Waals surface area contributed by atoms with Gasteiger partial charge in [-0.3, -0.25) is 0 Å². The summed E-state index contributed by atoms with van der Waals surface area (Å²) in [6, 6.07) is 7.98. The Morgan fingerprint density at radius 1 is 0.875 bits per heavy atom. The Morgan fingerprint density at radius 3 is 1.79 bits per heavy atom. The number of carboxylic acid groups (broad SMARTS) is 2. The third-order valence-electron chi connectivity index (χ3n) is 4.12. The number of hydrogen-bond donors (Lipinski definition) is 0. The van der Waals surface area contributed by atoms with Crippen molar-refractivity contribution in [2.45, 2.75) is 63.7 Å². The molecule has 0 aliphatic carbocycles. The molecule has 0 saturated heterocycles. The Hall–Kier alpha value is -0.243. The number of carbonyl (C=O) groups excluding carboxylic acids is 2. The van der Waals surface area contributed by atoms with E-state index in [-0.39, 0.29) is 60.4 Å². The summed E-state index contributed by atoms with van der Waals surface area (Å²) in [7, 11) is 0. The number of hydrogen-bond acceptors (Lipinski definition) is 4. The molecule has 0 saturated carbocycles. The second-order valence-corrected chi connectivity index (χ2v) is 5.72. The Kier molecular flexibility index (Phi) is 15.1. The van der Waals surface area contributed by atoms with Gasteiger partial charge in [0.1, 0.15) is 0 Å². The Morgan fingerprint density at radius 2 is 1.33 bits per heavy atom. The summed E-state index contributed by atoms with van der Waals surface area (Å²) in [6.07, 6.45) is 6.99. The summed E-state index contributed by atoms with van der Waals surface area (Å²) in [4.78, 5) is 23.1. The van der Waals surface area contributed by atoms with Crippen molar-refractivity contribution in [3.8, 4) is 0 Å². The van der Waals surface area contributed by atoms with Gasteiger partial charge in [0.2, 0.25) is 0 Å². The summed E-state index contributed by atoms with van der Waals surface area (Å²) < 4.78 is 0. The summed E-state index contributed by atoms with van der Waals surface area (Å²) in [5.74, 6) is -3.19. The van der Waals surface area contributed by atoms with Crippen LogP contribution in [-0.2, 0) is 15.0 Å². The van der Waals surface area contributed by atoms with E-state index in [1.165, 1.54) is 31.4 Å². The van der Waals surface area contributed by atoms with Gasteiger partial charge in [0, 0.05) is 0 Å². The largest absolute Gasteiger partial charge is 1.00 e. The fourth-order valence-electron chi connectivity index (χ4n) is 2.74. The van der Waals surface area contributed by atoms with Crippen molar-refractivity contribution in [3.05, 3.63) is 35.9 Å². The van der Waals surface area contributed by atoms with Gasteiger partial charge in [-0.2, -0.15) is 0 Å². The van der Waals surface area contributed by atoms with Crippen LogP contribution >= 0.6 is 0 Å². The van der Waals surface area contributed by atoms with Gasteiger partial charge >= 0.3 is 48.4 Å². The monoisotopic (exact) mass is 334 g/mol. The van der Waals surface area contributed by atoms with Crippen LogP contribution in [-0.4, -0.2) is 11.9 Å². The van der Waals surface area contributed by atoms with Gasteiger partial charge in [0.15, 0.2) is 0 Å². The maximum atomic E-state index is 11.5. The predicted octanol–water partition coefficient (Wildman–Crippen LogP) is -4.43.